The van der Waals surface area contributed by atoms with E-state index in [-0.39, 0.29) is 11.9 Å². The second-order valence-electron chi connectivity index (χ2n) is 4.31. The predicted octanol–water partition coefficient (Wildman–Crippen LogP) is 1.21. The molecule has 0 fully saturated rings. The monoisotopic (exact) mass is 268 g/mol. The van der Waals surface area contributed by atoms with Crippen LogP contribution in [0.2, 0.25) is 0 Å². The van der Waals surface area contributed by atoms with Crippen LogP contribution in [-0.2, 0) is 0 Å². The molecule has 102 valence electrons. The lowest BCUT2D eigenvalue weighted by molar-refractivity contribution is 0.0940. The lowest BCUT2D eigenvalue weighted by Gasteiger charge is -2.14. The molecule has 1 aromatic carbocycles. The van der Waals surface area contributed by atoms with E-state index in [4.69, 9.17) is 5.73 Å². The molecule has 1 atom stereocenters. The van der Waals surface area contributed by atoms with Crippen molar-refractivity contribution in [1.29, 1.82) is 0 Å². The zero-order chi connectivity index (χ0) is 14.4. The molecule has 1 unspecified atom stereocenters. The molecule has 0 bridgehead atoms. The predicted molar refractivity (Wildman–Crippen MR) is 76.8 cm³/mol. The van der Waals surface area contributed by atoms with Crippen LogP contribution in [-0.4, -0.2) is 22.6 Å². The third kappa shape index (κ3) is 3.46. The molecule has 0 aliphatic heterocycles. The highest BCUT2D eigenvalue weighted by Crippen LogP contribution is 2.14. The Hall–Kier alpha value is -2.58. The molecule has 2 rings (SSSR count). The summed E-state index contributed by atoms with van der Waals surface area (Å²) in [5.74, 6) is 5.63. The van der Waals surface area contributed by atoms with Gasteiger partial charge in [-0.05, 0) is 24.6 Å². The first-order chi connectivity index (χ1) is 9.70. The second kappa shape index (κ2) is 6.55. The van der Waals surface area contributed by atoms with Crippen molar-refractivity contribution in [2.75, 3.05) is 6.54 Å². The third-order valence-corrected chi connectivity index (χ3v) is 2.83. The van der Waals surface area contributed by atoms with Gasteiger partial charge in [0, 0.05) is 11.8 Å². The number of hydrogen-bond donors (Lipinski definition) is 3. The van der Waals surface area contributed by atoms with Crippen LogP contribution < -0.4 is 11.1 Å². The van der Waals surface area contributed by atoms with Gasteiger partial charge in [-0.25, -0.2) is 0 Å². The summed E-state index contributed by atoms with van der Waals surface area (Å²) in [5.41, 5.74) is 7.74. The Bertz CT molecular complexity index is 637. The van der Waals surface area contributed by atoms with E-state index in [1.807, 2.05) is 31.2 Å². The molecule has 0 saturated heterocycles. The van der Waals surface area contributed by atoms with Gasteiger partial charge in [0.1, 0.15) is 0 Å². The molecule has 2 aromatic rings. The maximum atomic E-state index is 11.9. The lowest BCUT2D eigenvalue weighted by atomic mass is 10.0. The van der Waals surface area contributed by atoms with E-state index in [0.29, 0.717) is 12.1 Å². The molecule has 0 spiro atoms. The summed E-state index contributed by atoms with van der Waals surface area (Å²) in [7, 11) is 0. The number of hydrogen-bond acceptors (Lipinski definition) is 3. The van der Waals surface area contributed by atoms with E-state index >= 15 is 0 Å². The highest BCUT2D eigenvalue weighted by atomic mass is 16.1. The van der Waals surface area contributed by atoms with E-state index in [0.717, 1.165) is 11.1 Å². The van der Waals surface area contributed by atoms with Crippen LogP contribution in [0.25, 0.3) is 0 Å². The second-order valence-corrected chi connectivity index (χ2v) is 4.31. The smallest absolute Gasteiger partial charge is 0.254 e. The number of nitrogens with one attached hydrogen (secondary N) is 2. The first-order valence-corrected chi connectivity index (χ1v) is 6.29. The summed E-state index contributed by atoms with van der Waals surface area (Å²) >= 11 is 0. The average Bonchev–Trinajstić information content (AvgIpc) is 2.99. The Morgan fingerprint density at radius 1 is 1.55 bits per heavy atom. The van der Waals surface area contributed by atoms with Crippen LogP contribution in [0.5, 0.6) is 0 Å². The van der Waals surface area contributed by atoms with Gasteiger partial charge in [0.05, 0.1) is 24.3 Å². The topological polar surface area (TPSA) is 83.8 Å². The Morgan fingerprint density at radius 2 is 2.40 bits per heavy atom. The fourth-order valence-electron chi connectivity index (χ4n) is 1.78. The summed E-state index contributed by atoms with van der Waals surface area (Å²) in [6.07, 6.45) is 3.05. The van der Waals surface area contributed by atoms with E-state index < -0.39 is 0 Å². The van der Waals surface area contributed by atoms with Crippen molar-refractivity contribution in [1.82, 2.24) is 15.5 Å². The summed E-state index contributed by atoms with van der Waals surface area (Å²) < 4.78 is 0. The number of rotatable bonds is 3. The van der Waals surface area contributed by atoms with Gasteiger partial charge in [-0.1, -0.05) is 24.0 Å². The van der Waals surface area contributed by atoms with E-state index in [2.05, 4.69) is 27.4 Å². The number of aromatic nitrogens is 2. The molecule has 4 N–H and O–H groups in total. The highest BCUT2D eigenvalue weighted by molar-refractivity contribution is 5.93. The average molecular weight is 268 g/mol. The molecular formula is C15H16N4O. The summed E-state index contributed by atoms with van der Waals surface area (Å²) in [6, 6.07) is 7.61. The number of carbonyl (C=O) groups is 1. The van der Waals surface area contributed by atoms with Gasteiger partial charge >= 0.3 is 0 Å². The number of nitrogens with two attached hydrogens (primary N) is 1. The first kappa shape index (κ1) is 13.8. The first-order valence-electron chi connectivity index (χ1n) is 6.29. The van der Waals surface area contributed by atoms with E-state index in [9.17, 15) is 4.79 Å². The fraction of sp³-hybridized carbons (Fsp3) is 0.200. The van der Waals surface area contributed by atoms with Crippen LogP contribution in [0.4, 0.5) is 0 Å². The summed E-state index contributed by atoms with van der Waals surface area (Å²) in [5, 5.41) is 9.28. The standard InChI is InChI=1S/C15H16N4O/c1-11(19-15(20)14-9-17-18-10-14)13-6-2-4-12(8-13)5-3-7-16/h2,4,6,8-11H,7,16H2,1H3,(H,17,18)(H,19,20). The molecule has 20 heavy (non-hydrogen) atoms. The molecule has 5 nitrogen and oxygen atoms in total. The van der Waals surface area contributed by atoms with Gasteiger partial charge < -0.3 is 11.1 Å². The number of carbonyl (C=O) groups excluding carboxylic acids is 1. The molecule has 0 saturated carbocycles. The number of benzene rings is 1. The Kier molecular flexibility index (Phi) is 4.53. The molecule has 5 heteroatoms. The Balaban J connectivity index is 2.09. The van der Waals surface area contributed by atoms with Crippen LogP contribution in [0, 0.1) is 11.8 Å². The van der Waals surface area contributed by atoms with Crippen molar-refractivity contribution in [2.24, 2.45) is 5.73 Å². The van der Waals surface area contributed by atoms with Gasteiger partial charge in [-0.2, -0.15) is 5.10 Å². The van der Waals surface area contributed by atoms with E-state index in [1.54, 1.807) is 6.20 Å². The van der Waals surface area contributed by atoms with Crippen LogP contribution in [0.15, 0.2) is 36.7 Å². The van der Waals surface area contributed by atoms with Gasteiger partial charge in [0.2, 0.25) is 0 Å². The zero-order valence-electron chi connectivity index (χ0n) is 11.2. The van der Waals surface area contributed by atoms with Gasteiger partial charge in [-0.15, -0.1) is 0 Å². The van der Waals surface area contributed by atoms with Crippen molar-refractivity contribution < 1.29 is 4.79 Å². The maximum absolute atomic E-state index is 11.9. The van der Waals surface area contributed by atoms with Crippen molar-refractivity contribution in [3.63, 3.8) is 0 Å². The number of H-pyrrole nitrogens is 1. The minimum atomic E-state index is -0.162. The largest absolute Gasteiger partial charge is 0.345 e. The minimum Gasteiger partial charge on any atom is -0.345 e. The van der Waals surface area contributed by atoms with Gasteiger partial charge in [-0.3, -0.25) is 9.89 Å². The zero-order valence-corrected chi connectivity index (χ0v) is 11.2. The number of amides is 1. The van der Waals surface area contributed by atoms with Crippen molar-refractivity contribution in [3.05, 3.63) is 53.3 Å². The molecule has 1 amide bonds. The number of aromatic amines is 1. The van der Waals surface area contributed by atoms with E-state index in [1.165, 1.54) is 6.20 Å². The van der Waals surface area contributed by atoms with Gasteiger partial charge in [0.25, 0.3) is 5.91 Å². The Labute approximate surface area is 117 Å². The fourth-order valence-corrected chi connectivity index (χ4v) is 1.78. The molecular weight excluding hydrogens is 252 g/mol. The van der Waals surface area contributed by atoms with Crippen molar-refractivity contribution >= 4 is 5.91 Å². The van der Waals surface area contributed by atoms with Crippen LogP contribution in [0.3, 0.4) is 0 Å². The van der Waals surface area contributed by atoms with Crippen molar-refractivity contribution in [3.8, 4) is 11.8 Å². The summed E-state index contributed by atoms with van der Waals surface area (Å²) in [4.78, 5) is 11.9. The SMILES string of the molecule is CC(NC(=O)c1cn[nH]c1)c1cccc(C#CCN)c1. The lowest BCUT2D eigenvalue weighted by Crippen LogP contribution is -2.26. The molecule has 1 aromatic heterocycles. The molecule has 0 aliphatic carbocycles. The number of nitrogens with zero attached hydrogens (tertiary/aromatic N) is 1. The highest BCUT2D eigenvalue weighted by Gasteiger charge is 2.12. The Morgan fingerprint density at radius 3 is 3.10 bits per heavy atom. The normalized spacial score (nSPS) is 11.3. The molecule has 1 heterocycles. The van der Waals surface area contributed by atoms with Gasteiger partial charge in [0.15, 0.2) is 0 Å². The molecule has 0 radical (unpaired) electrons. The summed E-state index contributed by atoms with van der Waals surface area (Å²) in [6.45, 7) is 2.25. The maximum Gasteiger partial charge on any atom is 0.254 e. The van der Waals surface area contributed by atoms with Crippen molar-refractivity contribution in [2.45, 2.75) is 13.0 Å². The quantitative estimate of drug-likeness (QED) is 0.732. The van der Waals surface area contributed by atoms with Crippen LogP contribution in [0.1, 0.15) is 34.5 Å². The van der Waals surface area contributed by atoms with Crippen LogP contribution >= 0.6 is 0 Å². The third-order valence-electron chi connectivity index (χ3n) is 2.83. The molecule has 0 aliphatic rings. The minimum absolute atomic E-state index is 0.114.